The summed E-state index contributed by atoms with van der Waals surface area (Å²) in [6.07, 6.45) is 4.15. The number of carbonyl (C=O) groups is 1. The van der Waals surface area contributed by atoms with Gasteiger partial charge in [-0.3, -0.25) is 4.79 Å². The molecule has 0 spiro atoms. The van der Waals surface area contributed by atoms with Crippen LogP contribution in [-0.4, -0.2) is 30.3 Å². The van der Waals surface area contributed by atoms with Crippen LogP contribution < -0.4 is 0 Å². The zero-order valence-electron chi connectivity index (χ0n) is 13.3. The van der Waals surface area contributed by atoms with Gasteiger partial charge < -0.3 is 4.90 Å². The summed E-state index contributed by atoms with van der Waals surface area (Å²) < 4.78 is 0. The maximum atomic E-state index is 12.2. The van der Waals surface area contributed by atoms with E-state index < -0.39 is 0 Å². The molecule has 0 amide bonds. The van der Waals surface area contributed by atoms with E-state index in [2.05, 4.69) is 49.1 Å². The second-order valence-corrected chi connectivity index (χ2v) is 7.69. The lowest BCUT2D eigenvalue weighted by Crippen LogP contribution is -2.38. The van der Waals surface area contributed by atoms with Gasteiger partial charge in [0.05, 0.1) is 0 Å². The first-order chi connectivity index (χ1) is 10.0. The Morgan fingerprint density at radius 2 is 2.00 bits per heavy atom. The summed E-state index contributed by atoms with van der Waals surface area (Å²) in [5.41, 5.74) is 1.80. The number of likely N-dealkylation sites (tertiary alicyclic amines) is 1. The predicted octanol–water partition coefficient (Wildman–Crippen LogP) is 3.87. The van der Waals surface area contributed by atoms with Gasteiger partial charge in [-0.1, -0.05) is 44.2 Å². The fourth-order valence-corrected chi connectivity index (χ4v) is 4.02. The van der Waals surface area contributed by atoms with Crippen molar-refractivity contribution in [3.8, 4) is 0 Å². The van der Waals surface area contributed by atoms with E-state index in [0.29, 0.717) is 17.1 Å². The van der Waals surface area contributed by atoms with Crippen LogP contribution in [0, 0.1) is 11.3 Å². The molecule has 21 heavy (non-hydrogen) atoms. The molecule has 2 atom stereocenters. The van der Waals surface area contributed by atoms with Crippen LogP contribution >= 0.6 is 0 Å². The number of Topliss-reactive ketones (excluding diaryl/α,β-unsaturated/α-hetero) is 1. The molecule has 0 N–H and O–H groups in total. The van der Waals surface area contributed by atoms with Crippen LogP contribution in [0.5, 0.6) is 0 Å². The Bertz CT molecular complexity index is 494. The molecule has 1 aliphatic heterocycles. The van der Waals surface area contributed by atoms with E-state index in [0.717, 1.165) is 38.9 Å². The zero-order valence-corrected chi connectivity index (χ0v) is 13.3. The summed E-state index contributed by atoms with van der Waals surface area (Å²) in [4.78, 5) is 14.7. The lowest BCUT2D eigenvalue weighted by atomic mass is 9.71. The minimum absolute atomic E-state index is 0.267. The molecule has 1 saturated heterocycles. The van der Waals surface area contributed by atoms with Gasteiger partial charge in [-0.25, -0.2) is 0 Å². The highest BCUT2D eigenvalue weighted by Gasteiger charge is 2.35. The van der Waals surface area contributed by atoms with Crippen molar-refractivity contribution >= 4 is 5.78 Å². The average Bonchev–Trinajstić information content (AvgIpc) is 2.92. The molecule has 1 saturated carbocycles. The zero-order chi connectivity index (χ0) is 14.9. The predicted molar refractivity (Wildman–Crippen MR) is 86.4 cm³/mol. The van der Waals surface area contributed by atoms with Gasteiger partial charge in [0.1, 0.15) is 5.78 Å². The van der Waals surface area contributed by atoms with Gasteiger partial charge in [-0.05, 0) is 42.7 Å². The third kappa shape index (κ3) is 3.55. The fourth-order valence-electron chi connectivity index (χ4n) is 4.02. The van der Waals surface area contributed by atoms with E-state index in [9.17, 15) is 4.79 Å². The lowest BCUT2D eigenvalue weighted by molar-refractivity contribution is -0.127. The van der Waals surface area contributed by atoms with E-state index in [1.165, 1.54) is 12.0 Å². The number of benzene rings is 1. The minimum atomic E-state index is 0.267. The highest BCUT2D eigenvalue weighted by molar-refractivity contribution is 5.82. The molecule has 114 valence electrons. The summed E-state index contributed by atoms with van der Waals surface area (Å²) in [5.74, 6) is 1.42. The maximum Gasteiger partial charge on any atom is 0.137 e. The Morgan fingerprint density at radius 3 is 2.76 bits per heavy atom. The van der Waals surface area contributed by atoms with Crippen molar-refractivity contribution in [2.24, 2.45) is 11.3 Å². The molecule has 1 aromatic carbocycles. The highest BCUT2D eigenvalue weighted by Crippen LogP contribution is 2.38. The summed E-state index contributed by atoms with van der Waals surface area (Å²) in [6, 6.07) is 10.8. The molecule has 2 fully saturated rings. The Morgan fingerprint density at radius 1 is 1.24 bits per heavy atom. The first-order valence-electron chi connectivity index (χ1n) is 8.33. The standard InChI is InChI=1S/C19H27NO/c1-19(2)10-8-18(21)17(12-19)14-20-11-9-16(13-20)15-6-4-3-5-7-15/h3-7,16-17H,8-14H2,1-2H3. The van der Waals surface area contributed by atoms with Gasteiger partial charge in [-0.15, -0.1) is 0 Å². The number of carbonyl (C=O) groups excluding carboxylic acids is 1. The molecule has 1 heterocycles. The first-order valence-corrected chi connectivity index (χ1v) is 8.33. The molecular weight excluding hydrogens is 258 g/mol. The molecule has 0 bridgehead atoms. The number of nitrogens with zero attached hydrogens (tertiary/aromatic N) is 1. The van der Waals surface area contributed by atoms with Gasteiger partial charge in [0.2, 0.25) is 0 Å². The Balaban J connectivity index is 1.58. The monoisotopic (exact) mass is 285 g/mol. The molecule has 2 nitrogen and oxygen atoms in total. The maximum absolute atomic E-state index is 12.2. The third-order valence-electron chi connectivity index (χ3n) is 5.32. The molecule has 0 aromatic heterocycles. The largest absolute Gasteiger partial charge is 0.302 e. The smallest absolute Gasteiger partial charge is 0.137 e. The van der Waals surface area contributed by atoms with E-state index in [1.54, 1.807) is 0 Å². The van der Waals surface area contributed by atoms with Crippen molar-refractivity contribution < 1.29 is 4.79 Å². The SMILES string of the molecule is CC1(C)CCC(=O)C(CN2CCC(c3ccccc3)C2)C1. The van der Waals surface area contributed by atoms with Crippen molar-refractivity contribution in [1.82, 2.24) is 4.90 Å². The fraction of sp³-hybridized carbons (Fsp3) is 0.632. The van der Waals surface area contributed by atoms with E-state index in [-0.39, 0.29) is 5.92 Å². The molecule has 0 radical (unpaired) electrons. The van der Waals surface area contributed by atoms with Crippen molar-refractivity contribution in [3.63, 3.8) is 0 Å². The number of rotatable bonds is 3. The quantitative estimate of drug-likeness (QED) is 0.840. The third-order valence-corrected chi connectivity index (χ3v) is 5.32. The molecule has 3 rings (SSSR count). The van der Waals surface area contributed by atoms with Gasteiger partial charge in [0.15, 0.2) is 0 Å². The summed E-state index contributed by atoms with van der Waals surface area (Å²) in [5, 5.41) is 0. The molecule has 2 unspecified atom stereocenters. The summed E-state index contributed by atoms with van der Waals surface area (Å²) >= 11 is 0. The molecular formula is C19H27NO. The van der Waals surface area contributed by atoms with Crippen LogP contribution in [-0.2, 0) is 4.79 Å². The Hall–Kier alpha value is -1.15. The van der Waals surface area contributed by atoms with Crippen LogP contribution in [0.15, 0.2) is 30.3 Å². The first kappa shape index (κ1) is 14.8. The summed E-state index contributed by atoms with van der Waals surface area (Å²) in [7, 11) is 0. The van der Waals surface area contributed by atoms with Crippen LogP contribution in [0.25, 0.3) is 0 Å². The van der Waals surface area contributed by atoms with Gasteiger partial charge in [0.25, 0.3) is 0 Å². The highest BCUT2D eigenvalue weighted by atomic mass is 16.1. The van der Waals surface area contributed by atoms with Crippen molar-refractivity contribution in [1.29, 1.82) is 0 Å². The van der Waals surface area contributed by atoms with Crippen molar-refractivity contribution in [2.45, 2.75) is 45.4 Å². The topological polar surface area (TPSA) is 20.3 Å². The number of hydrogen-bond donors (Lipinski definition) is 0. The second kappa shape index (κ2) is 5.92. The molecule has 1 aliphatic carbocycles. The lowest BCUT2D eigenvalue weighted by Gasteiger charge is -2.36. The number of hydrogen-bond acceptors (Lipinski definition) is 2. The summed E-state index contributed by atoms with van der Waals surface area (Å²) in [6.45, 7) is 7.86. The van der Waals surface area contributed by atoms with Gasteiger partial charge >= 0.3 is 0 Å². The van der Waals surface area contributed by atoms with E-state index >= 15 is 0 Å². The average molecular weight is 285 g/mol. The van der Waals surface area contributed by atoms with E-state index in [1.807, 2.05) is 0 Å². The van der Waals surface area contributed by atoms with Gasteiger partial charge in [0, 0.05) is 25.4 Å². The van der Waals surface area contributed by atoms with E-state index in [4.69, 9.17) is 0 Å². The van der Waals surface area contributed by atoms with Crippen LogP contribution in [0.2, 0.25) is 0 Å². The van der Waals surface area contributed by atoms with Gasteiger partial charge in [-0.2, -0.15) is 0 Å². The van der Waals surface area contributed by atoms with Crippen LogP contribution in [0.4, 0.5) is 0 Å². The molecule has 2 aliphatic rings. The Kier molecular flexibility index (Phi) is 4.17. The second-order valence-electron chi connectivity index (χ2n) is 7.69. The van der Waals surface area contributed by atoms with Crippen LogP contribution in [0.1, 0.15) is 51.0 Å². The Labute approximate surface area is 128 Å². The normalized spacial score (nSPS) is 29.7. The molecule has 1 aromatic rings. The molecule has 2 heteroatoms. The van der Waals surface area contributed by atoms with Crippen LogP contribution in [0.3, 0.4) is 0 Å². The minimum Gasteiger partial charge on any atom is -0.302 e. The number of ketones is 1. The van der Waals surface area contributed by atoms with Crippen molar-refractivity contribution in [3.05, 3.63) is 35.9 Å². The van der Waals surface area contributed by atoms with Crippen molar-refractivity contribution in [2.75, 3.05) is 19.6 Å².